The van der Waals surface area contributed by atoms with Gasteiger partial charge in [-0.05, 0) is 31.2 Å². The molecule has 0 amide bonds. The fraction of sp³-hybridized carbons (Fsp3) is 0.263. The van der Waals surface area contributed by atoms with Crippen LogP contribution in [0.2, 0.25) is 0 Å². The summed E-state index contributed by atoms with van der Waals surface area (Å²) in [6.45, 7) is 2.92. The molecule has 0 saturated carbocycles. The highest BCUT2D eigenvalue weighted by Crippen LogP contribution is 2.33. The number of hydrogen-bond acceptors (Lipinski definition) is 5. The van der Waals surface area contributed by atoms with E-state index in [9.17, 15) is 9.18 Å². The van der Waals surface area contributed by atoms with Crippen LogP contribution in [0.25, 0.3) is 10.9 Å². The molecule has 1 aliphatic heterocycles. The predicted molar refractivity (Wildman–Crippen MR) is 97.9 cm³/mol. The summed E-state index contributed by atoms with van der Waals surface area (Å²) in [7, 11) is 0. The number of fused-ring (bicyclic) bond motifs is 2. The van der Waals surface area contributed by atoms with E-state index in [-0.39, 0.29) is 18.2 Å². The molecule has 0 unspecified atom stereocenters. The summed E-state index contributed by atoms with van der Waals surface area (Å²) in [5.41, 5.74) is 2.03. The first-order valence-corrected chi connectivity index (χ1v) is 9.30. The first kappa shape index (κ1) is 17.1. The number of rotatable bonds is 4. The Balaban J connectivity index is 1.71. The van der Waals surface area contributed by atoms with Gasteiger partial charge in [0.2, 0.25) is 0 Å². The molecule has 0 spiro atoms. The lowest BCUT2D eigenvalue weighted by Crippen LogP contribution is -2.22. The fourth-order valence-corrected chi connectivity index (χ4v) is 4.07. The molecule has 3 aromatic rings. The van der Waals surface area contributed by atoms with Crippen molar-refractivity contribution in [2.45, 2.75) is 31.0 Å². The van der Waals surface area contributed by atoms with Crippen molar-refractivity contribution in [2.75, 3.05) is 6.79 Å². The van der Waals surface area contributed by atoms with Gasteiger partial charge in [-0.15, -0.1) is 0 Å². The monoisotopic (exact) mass is 372 g/mol. The van der Waals surface area contributed by atoms with E-state index < -0.39 is 0 Å². The van der Waals surface area contributed by atoms with Gasteiger partial charge in [0.15, 0.2) is 11.9 Å². The molecular formula is C19H17FN2O3S. The van der Waals surface area contributed by atoms with E-state index in [1.807, 2.05) is 25.1 Å². The summed E-state index contributed by atoms with van der Waals surface area (Å²) in [4.78, 5) is 17.3. The number of halogens is 1. The maximum absolute atomic E-state index is 13.9. The number of ether oxygens (including phenoxy) is 2. The molecule has 0 bridgehead atoms. The number of thioether (sulfide) groups is 1. The average molecular weight is 372 g/mol. The minimum Gasteiger partial charge on any atom is -0.467 e. The van der Waals surface area contributed by atoms with E-state index >= 15 is 0 Å². The van der Waals surface area contributed by atoms with E-state index in [1.54, 1.807) is 10.6 Å². The van der Waals surface area contributed by atoms with Crippen molar-refractivity contribution < 1.29 is 13.9 Å². The summed E-state index contributed by atoms with van der Waals surface area (Å²) < 4.78 is 26.3. The highest BCUT2D eigenvalue weighted by atomic mass is 32.2. The summed E-state index contributed by atoms with van der Waals surface area (Å²) in [5.74, 6) is 0.786. The van der Waals surface area contributed by atoms with E-state index in [4.69, 9.17) is 9.47 Å². The molecule has 7 heteroatoms. The van der Waals surface area contributed by atoms with Crippen molar-refractivity contribution in [2.24, 2.45) is 0 Å². The smallest absolute Gasteiger partial charge is 0.262 e. The van der Waals surface area contributed by atoms with E-state index in [0.29, 0.717) is 46.3 Å². The summed E-state index contributed by atoms with van der Waals surface area (Å²) in [5, 5.41) is 1.21. The van der Waals surface area contributed by atoms with Gasteiger partial charge < -0.3 is 9.47 Å². The quantitative estimate of drug-likeness (QED) is 0.516. The highest BCUT2D eigenvalue weighted by Gasteiger charge is 2.18. The second-order valence-corrected chi connectivity index (χ2v) is 6.86. The largest absolute Gasteiger partial charge is 0.467 e. The molecule has 0 N–H and O–H groups in total. The fourth-order valence-electron chi connectivity index (χ4n) is 3.04. The highest BCUT2D eigenvalue weighted by molar-refractivity contribution is 7.98. The zero-order valence-electron chi connectivity index (χ0n) is 14.2. The second kappa shape index (κ2) is 7.09. The number of hydrogen-bond donors (Lipinski definition) is 0. The van der Waals surface area contributed by atoms with Gasteiger partial charge in [0, 0.05) is 23.4 Å². The van der Waals surface area contributed by atoms with Crippen molar-refractivity contribution in [1.29, 1.82) is 0 Å². The summed E-state index contributed by atoms with van der Waals surface area (Å²) in [6.07, 6.45) is 0. The topological polar surface area (TPSA) is 53.4 Å². The van der Waals surface area contributed by atoms with E-state index in [2.05, 4.69) is 4.98 Å². The van der Waals surface area contributed by atoms with Gasteiger partial charge in [-0.2, -0.15) is 0 Å². The van der Waals surface area contributed by atoms with Gasteiger partial charge in [-0.3, -0.25) is 9.36 Å². The van der Waals surface area contributed by atoms with E-state index in [1.165, 1.54) is 23.9 Å². The molecule has 0 aliphatic carbocycles. The molecular weight excluding hydrogens is 355 g/mol. The molecule has 1 aromatic heterocycles. The van der Waals surface area contributed by atoms with Crippen LogP contribution in [0.3, 0.4) is 0 Å². The zero-order chi connectivity index (χ0) is 18.1. The zero-order valence-corrected chi connectivity index (χ0v) is 15.0. The van der Waals surface area contributed by atoms with Crippen molar-refractivity contribution in [3.8, 4) is 5.75 Å². The van der Waals surface area contributed by atoms with Crippen molar-refractivity contribution in [1.82, 2.24) is 9.55 Å². The van der Waals surface area contributed by atoms with Crippen LogP contribution in [-0.4, -0.2) is 16.3 Å². The second-order valence-electron chi connectivity index (χ2n) is 5.91. The third-order valence-corrected chi connectivity index (χ3v) is 5.28. The molecule has 26 heavy (non-hydrogen) atoms. The van der Waals surface area contributed by atoms with Gasteiger partial charge in [0.1, 0.15) is 11.6 Å². The summed E-state index contributed by atoms with van der Waals surface area (Å²) in [6, 6.07) is 10.2. The SMILES string of the molecule is CCn1c(SCc2cc(F)cc3c2OCOC3)nc2ccccc2c1=O. The Morgan fingerprint density at radius 2 is 2.15 bits per heavy atom. The standard InChI is InChI=1S/C19H17FN2O3S/c1-2-22-18(23)15-5-3-4-6-16(15)21-19(22)26-10-13-8-14(20)7-12-9-24-11-25-17(12)13/h3-8H,2,9-11H2,1H3. The third kappa shape index (κ3) is 3.08. The van der Waals surface area contributed by atoms with Gasteiger partial charge in [-0.25, -0.2) is 9.37 Å². The molecule has 4 rings (SSSR count). The molecule has 2 heterocycles. The van der Waals surface area contributed by atoms with Gasteiger partial charge in [0.25, 0.3) is 5.56 Å². The van der Waals surface area contributed by atoms with Crippen LogP contribution >= 0.6 is 11.8 Å². The molecule has 0 radical (unpaired) electrons. The molecule has 0 saturated heterocycles. The lowest BCUT2D eigenvalue weighted by atomic mass is 10.1. The normalized spacial score (nSPS) is 13.5. The lowest BCUT2D eigenvalue weighted by Gasteiger charge is -2.21. The maximum atomic E-state index is 13.9. The predicted octanol–water partition coefficient (Wildman–Crippen LogP) is 3.71. The van der Waals surface area contributed by atoms with E-state index in [0.717, 1.165) is 5.56 Å². The molecule has 5 nitrogen and oxygen atoms in total. The number of benzene rings is 2. The molecule has 2 aromatic carbocycles. The first-order chi connectivity index (χ1) is 12.7. The Kier molecular flexibility index (Phi) is 4.65. The van der Waals surface area contributed by atoms with Crippen LogP contribution < -0.4 is 10.3 Å². The Morgan fingerprint density at radius 1 is 1.31 bits per heavy atom. The Morgan fingerprint density at radius 3 is 3.00 bits per heavy atom. The van der Waals surface area contributed by atoms with Gasteiger partial charge in [-0.1, -0.05) is 23.9 Å². The van der Waals surface area contributed by atoms with Crippen molar-refractivity contribution in [3.63, 3.8) is 0 Å². The Hall–Kier alpha value is -2.38. The van der Waals surface area contributed by atoms with Crippen LogP contribution in [-0.2, 0) is 23.6 Å². The average Bonchev–Trinajstić information content (AvgIpc) is 2.66. The molecule has 0 fully saturated rings. The minimum atomic E-state index is -0.326. The number of nitrogens with zero attached hydrogens (tertiary/aromatic N) is 2. The van der Waals surface area contributed by atoms with Crippen molar-refractivity contribution >= 4 is 22.7 Å². The van der Waals surface area contributed by atoms with Crippen LogP contribution in [0.15, 0.2) is 46.3 Å². The summed E-state index contributed by atoms with van der Waals surface area (Å²) >= 11 is 1.40. The van der Waals surface area contributed by atoms with Crippen molar-refractivity contribution in [3.05, 3.63) is 63.7 Å². The third-order valence-electron chi connectivity index (χ3n) is 4.25. The lowest BCUT2D eigenvalue weighted by molar-refractivity contribution is -0.0171. The van der Waals surface area contributed by atoms with Crippen LogP contribution in [0.1, 0.15) is 18.1 Å². The van der Waals surface area contributed by atoms with Crippen LogP contribution in [0.4, 0.5) is 4.39 Å². The van der Waals surface area contributed by atoms with Gasteiger partial charge >= 0.3 is 0 Å². The molecule has 1 aliphatic rings. The first-order valence-electron chi connectivity index (χ1n) is 8.31. The van der Waals surface area contributed by atoms with Crippen LogP contribution in [0, 0.1) is 5.82 Å². The molecule has 0 atom stereocenters. The van der Waals surface area contributed by atoms with Crippen LogP contribution in [0.5, 0.6) is 5.75 Å². The number of aromatic nitrogens is 2. The number of para-hydroxylation sites is 1. The van der Waals surface area contributed by atoms with Gasteiger partial charge in [0.05, 0.1) is 17.5 Å². The maximum Gasteiger partial charge on any atom is 0.262 e. The Bertz CT molecular complexity index is 1040. The Labute approximate surface area is 153 Å². The molecule has 134 valence electrons. The minimum absolute atomic E-state index is 0.0634.